The van der Waals surface area contributed by atoms with Gasteiger partial charge in [0, 0.05) is 29.4 Å². The first-order valence-electron chi connectivity index (χ1n) is 9.95. The number of fused-ring (bicyclic) bond motifs is 2. The van der Waals surface area contributed by atoms with Crippen LogP contribution in [0.2, 0.25) is 0 Å². The quantitative estimate of drug-likeness (QED) is 0.561. The van der Waals surface area contributed by atoms with Crippen LogP contribution in [0, 0.1) is 0 Å². The van der Waals surface area contributed by atoms with Crippen LogP contribution < -0.4 is 24.2 Å². The summed E-state index contributed by atoms with van der Waals surface area (Å²) in [5, 5.41) is 5.55. The number of methoxy groups -OCH3 is 1. The van der Waals surface area contributed by atoms with E-state index in [1.54, 1.807) is 43.0 Å². The number of rotatable bonds is 6. The Morgan fingerprint density at radius 3 is 2.78 bits per heavy atom. The SMILES string of the molecule is COc1c2c(cc3c1C(Nc1ccc(S(=O)(=O)Nc4nccs4)cc1)N(C)CC3)OCO2. The van der Waals surface area contributed by atoms with E-state index in [0.29, 0.717) is 22.4 Å². The van der Waals surface area contributed by atoms with Crippen molar-refractivity contribution in [2.75, 3.05) is 37.5 Å². The van der Waals surface area contributed by atoms with Gasteiger partial charge in [-0.1, -0.05) is 0 Å². The lowest BCUT2D eigenvalue weighted by atomic mass is 9.94. The van der Waals surface area contributed by atoms with Crippen LogP contribution in [-0.4, -0.2) is 45.8 Å². The fourth-order valence-electron chi connectivity index (χ4n) is 3.95. The molecule has 0 radical (unpaired) electrons. The average molecular weight is 475 g/mol. The molecule has 3 aromatic rings. The van der Waals surface area contributed by atoms with Gasteiger partial charge in [0.25, 0.3) is 10.0 Å². The molecule has 2 aliphatic rings. The van der Waals surface area contributed by atoms with E-state index < -0.39 is 10.0 Å². The molecule has 0 saturated carbocycles. The Balaban J connectivity index is 1.43. The molecule has 1 unspecified atom stereocenters. The Morgan fingerprint density at radius 1 is 1.25 bits per heavy atom. The fourth-order valence-corrected chi connectivity index (χ4v) is 5.74. The minimum atomic E-state index is -3.70. The van der Waals surface area contributed by atoms with Crippen LogP contribution in [0.25, 0.3) is 0 Å². The Kier molecular flexibility index (Phi) is 5.31. The highest BCUT2D eigenvalue weighted by molar-refractivity contribution is 7.93. The lowest BCUT2D eigenvalue weighted by molar-refractivity contribution is 0.170. The molecule has 32 heavy (non-hydrogen) atoms. The predicted molar refractivity (Wildman–Crippen MR) is 121 cm³/mol. The predicted octanol–water partition coefficient (Wildman–Crippen LogP) is 3.28. The van der Waals surface area contributed by atoms with Crippen molar-refractivity contribution in [1.82, 2.24) is 9.88 Å². The molecule has 0 fully saturated rings. The van der Waals surface area contributed by atoms with E-state index >= 15 is 0 Å². The smallest absolute Gasteiger partial charge is 0.263 e. The fraction of sp³-hybridized carbons (Fsp3) is 0.286. The summed E-state index contributed by atoms with van der Waals surface area (Å²) in [6.07, 6.45) is 2.23. The van der Waals surface area contributed by atoms with E-state index in [1.807, 2.05) is 13.1 Å². The number of benzene rings is 2. The molecule has 2 N–H and O–H groups in total. The Morgan fingerprint density at radius 2 is 2.06 bits per heavy atom. The van der Waals surface area contributed by atoms with Crippen LogP contribution in [0.4, 0.5) is 10.8 Å². The van der Waals surface area contributed by atoms with Gasteiger partial charge in [-0.05, 0) is 49.4 Å². The van der Waals surface area contributed by atoms with Crippen molar-refractivity contribution in [3.63, 3.8) is 0 Å². The van der Waals surface area contributed by atoms with Crippen LogP contribution in [0.3, 0.4) is 0 Å². The average Bonchev–Trinajstić information content (AvgIpc) is 3.46. The lowest BCUT2D eigenvalue weighted by Crippen LogP contribution is -2.37. The molecule has 1 aromatic heterocycles. The van der Waals surface area contributed by atoms with Crippen molar-refractivity contribution in [3.8, 4) is 17.2 Å². The van der Waals surface area contributed by atoms with Crippen LogP contribution in [0.15, 0.2) is 46.8 Å². The molecule has 2 aliphatic heterocycles. The Bertz CT molecular complexity index is 1230. The standard InChI is InChI=1S/C21H22N4O5S2/c1-25-9-7-13-11-16-18(30-12-29-16)19(28-2)17(13)20(25)23-14-3-5-15(6-4-14)32(26,27)24-21-22-8-10-31-21/h3-6,8,10-11,20,23H,7,9,12H2,1-2H3,(H,22,24). The summed E-state index contributed by atoms with van der Waals surface area (Å²) in [5.74, 6) is 1.97. The first-order valence-corrected chi connectivity index (χ1v) is 12.3. The third kappa shape index (κ3) is 3.72. The topological polar surface area (TPSA) is 102 Å². The molecule has 2 aromatic carbocycles. The highest BCUT2D eigenvalue weighted by Gasteiger charge is 2.34. The van der Waals surface area contributed by atoms with Crippen molar-refractivity contribution < 1.29 is 22.6 Å². The largest absolute Gasteiger partial charge is 0.492 e. The van der Waals surface area contributed by atoms with Gasteiger partial charge in [0.2, 0.25) is 12.5 Å². The molecule has 1 atom stereocenters. The van der Waals surface area contributed by atoms with E-state index in [0.717, 1.165) is 29.8 Å². The summed E-state index contributed by atoms with van der Waals surface area (Å²) < 4.78 is 44.6. The van der Waals surface area contributed by atoms with Crippen molar-refractivity contribution in [2.45, 2.75) is 17.5 Å². The molecular weight excluding hydrogens is 452 g/mol. The second kappa shape index (κ2) is 8.15. The van der Waals surface area contributed by atoms with Gasteiger partial charge in [-0.2, -0.15) is 0 Å². The van der Waals surface area contributed by atoms with Gasteiger partial charge in [-0.15, -0.1) is 11.3 Å². The molecule has 0 amide bonds. The van der Waals surface area contributed by atoms with Gasteiger partial charge in [0.15, 0.2) is 16.6 Å². The van der Waals surface area contributed by atoms with Crippen molar-refractivity contribution >= 4 is 32.2 Å². The third-order valence-electron chi connectivity index (χ3n) is 5.52. The molecule has 0 aliphatic carbocycles. The number of hydrogen-bond acceptors (Lipinski definition) is 9. The number of nitrogens with zero attached hydrogens (tertiary/aromatic N) is 2. The van der Waals surface area contributed by atoms with Gasteiger partial charge in [-0.25, -0.2) is 13.4 Å². The van der Waals surface area contributed by atoms with E-state index in [4.69, 9.17) is 14.2 Å². The number of aromatic nitrogens is 1. The van der Waals surface area contributed by atoms with Gasteiger partial charge in [0.05, 0.1) is 12.0 Å². The number of nitrogens with one attached hydrogen (secondary N) is 2. The number of ether oxygens (including phenoxy) is 3. The van der Waals surface area contributed by atoms with E-state index in [-0.39, 0.29) is 17.9 Å². The first-order chi connectivity index (χ1) is 15.5. The summed E-state index contributed by atoms with van der Waals surface area (Å²) >= 11 is 1.23. The Hall–Kier alpha value is -3.02. The zero-order chi connectivity index (χ0) is 22.3. The molecule has 0 saturated heterocycles. The minimum Gasteiger partial charge on any atom is -0.492 e. The van der Waals surface area contributed by atoms with Gasteiger partial charge < -0.3 is 19.5 Å². The van der Waals surface area contributed by atoms with Crippen molar-refractivity contribution in [1.29, 1.82) is 0 Å². The zero-order valence-electron chi connectivity index (χ0n) is 17.5. The highest BCUT2D eigenvalue weighted by atomic mass is 32.2. The second-order valence-corrected chi connectivity index (χ2v) is 10.0. The highest BCUT2D eigenvalue weighted by Crippen LogP contribution is 2.49. The third-order valence-corrected chi connectivity index (χ3v) is 7.69. The maximum atomic E-state index is 12.6. The van der Waals surface area contributed by atoms with Crippen LogP contribution in [-0.2, 0) is 16.4 Å². The molecule has 0 spiro atoms. The number of likely N-dealkylation sites (N-methyl/N-ethyl adjacent to an activating group) is 1. The van der Waals surface area contributed by atoms with Gasteiger partial charge >= 0.3 is 0 Å². The number of anilines is 2. The monoisotopic (exact) mass is 474 g/mol. The molecule has 11 heteroatoms. The maximum Gasteiger partial charge on any atom is 0.263 e. The maximum absolute atomic E-state index is 12.6. The summed E-state index contributed by atoms with van der Waals surface area (Å²) in [6, 6.07) is 8.65. The summed E-state index contributed by atoms with van der Waals surface area (Å²) in [5.41, 5.74) is 2.91. The van der Waals surface area contributed by atoms with E-state index in [1.165, 1.54) is 11.3 Å². The van der Waals surface area contributed by atoms with Crippen LogP contribution >= 0.6 is 11.3 Å². The van der Waals surface area contributed by atoms with E-state index in [9.17, 15) is 8.42 Å². The molecule has 3 heterocycles. The van der Waals surface area contributed by atoms with Crippen molar-refractivity contribution in [3.05, 3.63) is 53.0 Å². The minimum absolute atomic E-state index is 0.164. The molecule has 5 rings (SSSR count). The normalized spacial score (nSPS) is 17.6. The number of sulfonamides is 1. The number of hydrogen-bond donors (Lipinski definition) is 2. The molecule has 9 nitrogen and oxygen atoms in total. The molecule has 168 valence electrons. The molecular formula is C21H22N4O5S2. The lowest BCUT2D eigenvalue weighted by Gasteiger charge is -2.36. The number of thiazole rings is 1. The van der Waals surface area contributed by atoms with Crippen molar-refractivity contribution in [2.24, 2.45) is 0 Å². The van der Waals surface area contributed by atoms with Crippen LogP contribution in [0.5, 0.6) is 17.2 Å². The summed E-state index contributed by atoms with van der Waals surface area (Å²) in [7, 11) is -0.0482. The van der Waals surface area contributed by atoms with E-state index in [2.05, 4.69) is 19.9 Å². The summed E-state index contributed by atoms with van der Waals surface area (Å²) in [4.78, 5) is 6.32. The zero-order valence-corrected chi connectivity index (χ0v) is 19.1. The van der Waals surface area contributed by atoms with Gasteiger partial charge in [-0.3, -0.25) is 9.62 Å². The summed E-state index contributed by atoms with van der Waals surface area (Å²) in [6.45, 7) is 1.02. The second-order valence-electron chi connectivity index (χ2n) is 7.46. The Labute approximate surface area is 190 Å². The van der Waals surface area contributed by atoms with Crippen LogP contribution in [0.1, 0.15) is 17.3 Å². The first kappa shape index (κ1) is 20.9. The molecule has 0 bridgehead atoms. The van der Waals surface area contributed by atoms with Gasteiger partial charge in [0.1, 0.15) is 6.17 Å².